The number of hydrogen-bond acceptors (Lipinski definition) is 3. The average Bonchev–Trinajstić information content (AvgIpc) is 2.68. The highest BCUT2D eigenvalue weighted by Crippen LogP contribution is 2.18. The van der Waals surface area contributed by atoms with Gasteiger partial charge in [0.2, 0.25) is 0 Å². The van der Waals surface area contributed by atoms with Gasteiger partial charge in [0.15, 0.2) is 6.61 Å². The quantitative estimate of drug-likeness (QED) is 0.404. The molecule has 146 valence electrons. The van der Waals surface area contributed by atoms with Crippen molar-refractivity contribution in [3.05, 3.63) is 53.0 Å². The molecule has 2 aromatic rings. The minimum Gasteiger partial charge on any atom is -0.494 e. The Bertz CT molecular complexity index is 671. The highest BCUT2D eigenvalue weighted by molar-refractivity contribution is 9.10. The summed E-state index contributed by atoms with van der Waals surface area (Å²) in [4.78, 5) is 11.9. The molecule has 0 saturated heterocycles. The maximum absolute atomic E-state index is 11.9. The molecule has 27 heavy (non-hydrogen) atoms. The lowest BCUT2D eigenvalue weighted by atomic mass is 10.1. The first-order chi connectivity index (χ1) is 13.2. The van der Waals surface area contributed by atoms with Crippen molar-refractivity contribution in [2.45, 2.75) is 45.4 Å². The van der Waals surface area contributed by atoms with E-state index in [0.717, 1.165) is 28.9 Å². The van der Waals surface area contributed by atoms with Gasteiger partial charge in [0.1, 0.15) is 11.5 Å². The van der Waals surface area contributed by atoms with Gasteiger partial charge in [-0.2, -0.15) is 0 Å². The first kappa shape index (κ1) is 21.3. The first-order valence-corrected chi connectivity index (χ1v) is 10.4. The Morgan fingerprint density at radius 2 is 1.44 bits per heavy atom. The third-order valence-corrected chi connectivity index (χ3v) is 4.62. The Kier molecular flexibility index (Phi) is 9.77. The lowest BCUT2D eigenvalue weighted by Crippen LogP contribution is -2.20. The third kappa shape index (κ3) is 8.96. The Morgan fingerprint density at radius 1 is 0.852 bits per heavy atom. The number of nitrogens with one attached hydrogen (secondary N) is 1. The average molecular weight is 434 g/mol. The van der Waals surface area contributed by atoms with Gasteiger partial charge in [-0.05, 0) is 55.0 Å². The number of unbranched alkanes of at least 4 members (excludes halogenated alkanes) is 5. The Balaban J connectivity index is 1.63. The number of rotatable bonds is 12. The van der Waals surface area contributed by atoms with E-state index >= 15 is 0 Å². The summed E-state index contributed by atoms with van der Waals surface area (Å²) in [5.41, 5.74) is 0.741. The molecule has 2 aromatic carbocycles. The maximum Gasteiger partial charge on any atom is 0.262 e. The van der Waals surface area contributed by atoms with E-state index in [1.807, 2.05) is 48.5 Å². The van der Waals surface area contributed by atoms with Crippen LogP contribution >= 0.6 is 15.9 Å². The fraction of sp³-hybridized carbons (Fsp3) is 0.409. The molecular weight excluding hydrogens is 406 g/mol. The van der Waals surface area contributed by atoms with Crippen molar-refractivity contribution in [3.63, 3.8) is 0 Å². The van der Waals surface area contributed by atoms with Gasteiger partial charge in [0, 0.05) is 10.2 Å². The Labute approximate surface area is 170 Å². The maximum atomic E-state index is 11.9. The van der Waals surface area contributed by atoms with Crippen molar-refractivity contribution in [2.75, 3.05) is 18.5 Å². The summed E-state index contributed by atoms with van der Waals surface area (Å²) in [5.74, 6) is 1.28. The van der Waals surface area contributed by atoms with Gasteiger partial charge in [-0.25, -0.2) is 0 Å². The number of ether oxygens (including phenoxy) is 2. The lowest BCUT2D eigenvalue weighted by molar-refractivity contribution is -0.118. The molecule has 0 aliphatic heterocycles. The summed E-state index contributed by atoms with van der Waals surface area (Å²) in [7, 11) is 0. The van der Waals surface area contributed by atoms with Crippen LogP contribution in [0.5, 0.6) is 11.5 Å². The molecule has 0 spiro atoms. The molecule has 1 amide bonds. The second kappa shape index (κ2) is 12.4. The van der Waals surface area contributed by atoms with Crippen LogP contribution in [0.2, 0.25) is 0 Å². The van der Waals surface area contributed by atoms with Crippen LogP contribution in [0.3, 0.4) is 0 Å². The predicted octanol–water partition coefficient (Wildman–Crippen LogP) is 6.21. The predicted molar refractivity (Wildman–Crippen MR) is 114 cm³/mol. The highest BCUT2D eigenvalue weighted by Gasteiger charge is 2.04. The van der Waals surface area contributed by atoms with E-state index in [4.69, 9.17) is 9.47 Å². The van der Waals surface area contributed by atoms with Crippen LogP contribution in [-0.2, 0) is 4.79 Å². The standard InChI is InChI=1S/C22H28BrNO3/c1-2-3-4-5-6-7-16-26-20-12-14-21(15-13-20)27-17-22(25)24-19-10-8-18(23)9-11-19/h8-15H,2-7,16-17H2,1H3,(H,24,25). The normalized spacial score (nSPS) is 10.4. The van der Waals surface area contributed by atoms with Crippen LogP contribution < -0.4 is 14.8 Å². The highest BCUT2D eigenvalue weighted by atomic mass is 79.9. The van der Waals surface area contributed by atoms with E-state index in [9.17, 15) is 4.79 Å². The van der Waals surface area contributed by atoms with Gasteiger partial charge in [-0.3, -0.25) is 4.79 Å². The van der Waals surface area contributed by atoms with E-state index in [2.05, 4.69) is 28.2 Å². The molecule has 1 N–H and O–H groups in total. The van der Waals surface area contributed by atoms with Crippen molar-refractivity contribution < 1.29 is 14.3 Å². The summed E-state index contributed by atoms with van der Waals surface area (Å²) in [6, 6.07) is 14.8. The van der Waals surface area contributed by atoms with E-state index in [1.165, 1.54) is 32.1 Å². The molecule has 0 radical (unpaired) electrons. The number of hydrogen-bond donors (Lipinski definition) is 1. The van der Waals surface area contributed by atoms with E-state index in [0.29, 0.717) is 5.75 Å². The first-order valence-electron chi connectivity index (χ1n) is 9.58. The number of halogens is 1. The Morgan fingerprint density at radius 3 is 2.11 bits per heavy atom. The minimum absolute atomic E-state index is 0.0337. The SMILES string of the molecule is CCCCCCCCOc1ccc(OCC(=O)Nc2ccc(Br)cc2)cc1. The van der Waals surface area contributed by atoms with Crippen LogP contribution in [0.15, 0.2) is 53.0 Å². The van der Waals surface area contributed by atoms with Crippen molar-refractivity contribution in [1.82, 2.24) is 0 Å². The summed E-state index contributed by atoms with van der Waals surface area (Å²) in [5, 5.41) is 2.79. The van der Waals surface area contributed by atoms with Gasteiger partial charge in [-0.1, -0.05) is 55.0 Å². The molecule has 0 aliphatic rings. The second-order valence-corrected chi connectivity index (χ2v) is 7.35. The lowest BCUT2D eigenvalue weighted by Gasteiger charge is -2.09. The van der Waals surface area contributed by atoms with Crippen molar-refractivity contribution >= 4 is 27.5 Å². The fourth-order valence-electron chi connectivity index (χ4n) is 2.58. The van der Waals surface area contributed by atoms with E-state index in [-0.39, 0.29) is 12.5 Å². The van der Waals surface area contributed by atoms with Gasteiger partial charge < -0.3 is 14.8 Å². The molecule has 0 atom stereocenters. The molecule has 0 unspecified atom stereocenters. The van der Waals surface area contributed by atoms with Crippen molar-refractivity contribution in [1.29, 1.82) is 0 Å². The number of carbonyl (C=O) groups excluding carboxylic acids is 1. The minimum atomic E-state index is -0.194. The summed E-state index contributed by atoms with van der Waals surface area (Å²) >= 11 is 3.36. The topological polar surface area (TPSA) is 47.6 Å². The van der Waals surface area contributed by atoms with Gasteiger partial charge in [0.25, 0.3) is 5.91 Å². The van der Waals surface area contributed by atoms with Crippen LogP contribution in [0.1, 0.15) is 45.4 Å². The number of amides is 1. The monoisotopic (exact) mass is 433 g/mol. The molecule has 2 rings (SSSR count). The van der Waals surface area contributed by atoms with Crippen LogP contribution in [0.4, 0.5) is 5.69 Å². The van der Waals surface area contributed by atoms with Crippen LogP contribution in [0.25, 0.3) is 0 Å². The van der Waals surface area contributed by atoms with E-state index < -0.39 is 0 Å². The van der Waals surface area contributed by atoms with Crippen molar-refractivity contribution in [2.24, 2.45) is 0 Å². The summed E-state index contributed by atoms with van der Waals surface area (Å²) < 4.78 is 12.2. The zero-order valence-corrected chi connectivity index (χ0v) is 17.5. The van der Waals surface area contributed by atoms with Crippen LogP contribution in [-0.4, -0.2) is 19.1 Å². The Hall–Kier alpha value is -2.01. The fourth-order valence-corrected chi connectivity index (χ4v) is 2.85. The van der Waals surface area contributed by atoms with E-state index in [1.54, 1.807) is 0 Å². The molecule has 0 aliphatic carbocycles. The van der Waals surface area contributed by atoms with Crippen molar-refractivity contribution in [3.8, 4) is 11.5 Å². The third-order valence-electron chi connectivity index (χ3n) is 4.09. The van der Waals surface area contributed by atoms with Gasteiger partial charge >= 0.3 is 0 Å². The second-order valence-electron chi connectivity index (χ2n) is 6.43. The molecule has 0 bridgehead atoms. The number of anilines is 1. The molecule has 0 aromatic heterocycles. The van der Waals surface area contributed by atoms with Crippen LogP contribution in [0, 0.1) is 0 Å². The smallest absolute Gasteiger partial charge is 0.262 e. The summed E-state index contributed by atoms with van der Waals surface area (Å²) in [6.45, 7) is 2.93. The van der Waals surface area contributed by atoms with Gasteiger partial charge in [0.05, 0.1) is 6.61 Å². The molecule has 0 heterocycles. The number of carbonyl (C=O) groups is 1. The zero-order valence-electron chi connectivity index (χ0n) is 15.9. The molecule has 0 fully saturated rings. The summed E-state index contributed by atoms with van der Waals surface area (Å²) in [6.07, 6.45) is 7.50. The largest absolute Gasteiger partial charge is 0.494 e. The molecular formula is C22H28BrNO3. The molecule has 5 heteroatoms. The number of benzene rings is 2. The molecule has 0 saturated carbocycles. The molecule has 4 nitrogen and oxygen atoms in total. The zero-order chi connectivity index (χ0) is 19.3. The van der Waals surface area contributed by atoms with Gasteiger partial charge in [-0.15, -0.1) is 0 Å².